The number of nitrogens with two attached hydrogens (primary N) is 1. The van der Waals surface area contributed by atoms with E-state index in [1.807, 2.05) is 52.8 Å². The van der Waals surface area contributed by atoms with Crippen molar-refractivity contribution in [2.75, 3.05) is 26.4 Å². The highest BCUT2D eigenvalue weighted by atomic mass is 16.5. The number of pyridine rings is 1. The van der Waals surface area contributed by atoms with Crippen molar-refractivity contribution in [2.24, 2.45) is 0 Å². The van der Waals surface area contributed by atoms with Crippen molar-refractivity contribution in [1.82, 2.24) is 15.1 Å². The van der Waals surface area contributed by atoms with Crippen molar-refractivity contribution in [1.29, 1.82) is 0 Å². The zero-order valence-electron chi connectivity index (χ0n) is 23.3. The van der Waals surface area contributed by atoms with Gasteiger partial charge in [0.25, 0.3) is 5.89 Å². The number of carbonyl (C=O) groups is 1. The molecule has 0 aliphatic heterocycles. The molecular weight excluding hydrogens is 488 g/mol. The maximum Gasteiger partial charge on any atom is 0.338 e. The number of rotatable bonds is 15. The first-order chi connectivity index (χ1) is 18.7. The molecule has 0 unspecified atom stereocenters. The van der Waals surface area contributed by atoms with Crippen LogP contribution in [0.15, 0.2) is 47.1 Å². The first kappa shape index (κ1) is 32.8. The van der Waals surface area contributed by atoms with E-state index in [0.717, 1.165) is 36.7 Å². The van der Waals surface area contributed by atoms with Gasteiger partial charge in [-0.25, -0.2) is 15.0 Å². The Morgan fingerprint density at radius 1 is 0.947 bits per heavy atom. The molecule has 2 heterocycles. The number of nitrogens with zero attached hydrogens (tertiary/aromatic N) is 3. The Balaban J connectivity index is 0.00000172. The molecule has 0 atom stereocenters. The highest BCUT2D eigenvalue weighted by Gasteiger charge is 2.14. The molecule has 10 nitrogen and oxygen atoms in total. The van der Waals surface area contributed by atoms with Crippen LogP contribution in [0.3, 0.4) is 0 Å². The molecule has 0 fully saturated rings. The lowest BCUT2D eigenvalue weighted by molar-refractivity contribution is -0.825. The summed E-state index contributed by atoms with van der Waals surface area (Å²) in [7, 11) is 0. The first-order valence-corrected chi connectivity index (χ1v) is 13.3. The molecule has 0 spiro atoms. The van der Waals surface area contributed by atoms with Gasteiger partial charge in [-0.05, 0) is 50.3 Å². The van der Waals surface area contributed by atoms with Gasteiger partial charge < -0.3 is 18.7 Å². The summed E-state index contributed by atoms with van der Waals surface area (Å²) in [6.07, 6.45) is 4.97. The Labute approximate surface area is 225 Å². The Kier molecular flexibility index (Phi) is 18.0. The van der Waals surface area contributed by atoms with Crippen LogP contribution in [0, 0.1) is 6.92 Å². The highest BCUT2D eigenvalue weighted by molar-refractivity contribution is 5.89. The number of hydrogen-bond acceptors (Lipinski definition) is 9. The number of quaternary nitrogens is 1. The van der Waals surface area contributed by atoms with Crippen molar-refractivity contribution in [3.05, 3.63) is 59.6 Å². The zero-order chi connectivity index (χ0) is 28.0. The average Bonchev–Trinajstić information content (AvgIpc) is 3.44. The SMILES string of the molecule is CC.CC.Cc1cc([NH2+]O)cnc1-c1noc(COCCCOCCCCCOC(=O)c2ccccc2)n1. The maximum absolute atomic E-state index is 11.8. The molecule has 3 aromatic rings. The summed E-state index contributed by atoms with van der Waals surface area (Å²) >= 11 is 0. The fourth-order valence-corrected chi connectivity index (χ4v) is 3.14. The summed E-state index contributed by atoms with van der Waals surface area (Å²) in [6.45, 7) is 12.3. The highest BCUT2D eigenvalue weighted by Crippen LogP contribution is 2.19. The molecule has 210 valence electrons. The van der Waals surface area contributed by atoms with E-state index in [4.69, 9.17) is 23.9 Å². The fourth-order valence-electron chi connectivity index (χ4n) is 3.14. The lowest BCUT2D eigenvalue weighted by atomic mass is 10.2. The normalized spacial score (nSPS) is 10.2. The molecule has 3 N–H and O–H groups in total. The van der Waals surface area contributed by atoms with E-state index in [0.29, 0.717) is 55.1 Å². The predicted octanol–water partition coefficient (Wildman–Crippen LogP) is 5.03. The van der Waals surface area contributed by atoms with Crippen molar-refractivity contribution in [2.45, 2.75) is 66.9 Å². The Bertz CT molecular complexity index is 1010. The monoisotopic (exact) mass is 531 g/mol. The van der Waals surface area contributed by atoms with Crippen LogP contribution in [0.25, 0.3) is 11.5 Å². The number of aromatic nitrogens is 3. The van der Waals surface area contributed by atoms with Gasteiger partial charge in [-0.3, -0.25) is 0 Å². The summed E-state index contributed by atoms with van der Waals surface area (Å²) in [4.78, 5) is 20.4. The van der Waals surface area contributed by atoms with Crippen LogP contribution in [0.2, 0.25) is 0 Å². The second-order valence-corrected chi connectivity index (χ2v) is 7.66. The smallest absolute Gasteiger partial charge is 0.338 e. The quantitative estimate of drug-likeness (QED) is 0.157. The van der Waals surface area contributed by atoms with Crippen molar-refractivity contribution < 1.29 is 34.2 Å². The molecular formula is C28H43N4O6+. The molecule has 38 heavy (non-hydrogen) atoms. The molecule has 0 saturated heterocycles. The molecule has 10 heteroatoms. The third-order valence-corrected chi connectivity index (χ3v) is 4.91. The number of aryl methyl sites for hydroxylation is 1. The van der Waals surface area contributed by atoms with Crippen LogP contribution in [-0.2, 0) is 20.8 Å². The van der Waals surface area contributed by atoms with Gasteiger partial charge in [-0.1, -0.05) is 51.1 Å². The number of hydrogen-bond donors (Lipinski definition) is 2. The average molecular weight is 532 g/mol. The minimum absolute atomic E-state index is 0.219. The summed E-state index contributed by atoms with van der Waals surface area (Å²) in [5, 5.41) is 13.0. The molecule has 0 radical (unpaired) electrons. The van der Waals surface area contributed by atoms with E-state index in [9.17, 15) is 4.79 Å². The number of esters is 1. The minimum atomic E-state index is -0.282. The van der Waals surface area contributed by atoms with Crippen molar-refractivity contribution in [3.8, 4) is 11.5 Å². The van der Waals surface area contributed by atoms with Crippen LogP contribution in [0.4, 0.5) is 5.69 Å². The van der Waals surface area contributed by atoms with Gasteiger partial charge in [0.05, 0.1) is 18.4 Å². The lowest BCUT2D eigenvalue weighted by Crippen LogP contribution is -2.73. The number of carbonyl (C=O) groups excluding carboxylic acids is 1. The Morgan fingerprint density at radius 3 is 2.34 bits per heavy atom. The van der Waals surface area contributed by atoms with E-state index >= 15 is 0 Å². The molecule has 3 rings (SSSR count). The fraction of sp³-hybridized carbons (Fsp3) is 0.500. The van der Waals surface area contributed by atoms with Crippen molar-refractivity contribution >= 4 is 11.7 Å². The Morgan fingerprint density at radius 2 is 1.63 bits per heavy atom. The van der Waals surface area contributed by atoms with Gasteiger partial charge in [0.1, 0.15) is 12.3 Å². The molecule has 0 saturated carbocycles. The van der Waals surface area contributed by atoms with E-state index in [1.54, 1.807) is 18.2 Å². The molecule has 2 aromatic heterocycles. The van der Waals surface area contributed by atoms with E-state index < -0.39 is 0 Å². The summed E-state index contributed by atoms with van der Waals surface area (Å²) in [5.74, 6) is 0.484. The van der Waals surface area contributed by atoms with Crippen LogP contribution in [0.5, 0.6) is 0 Å². The van der Waals surface area contributed by atoms with Gasteiger partial charge in [-0.15, -0.1) is 0 Å². The second kappa shape index (κ2) is 20.8. The number of ether oxygens (including phenoxy) is 3. The third-order valence-electron chi connectivity index (χ3n) is 4.91. The van der Waals surface area contributed by atoms with E-state index in [-0.39, 0.29) is 12.6 Å². The molecule has 0 aliphatic carbocycles. The maximum atomic E-state index is 11.8. The van der Waals surface area contributed by atoms with Gasteiger partial charge in [-0.2, -0.15) is 10.5 Å². The molecule has 1 aromatic carbocycles. The number of benzene rings is 1. The van der Waals surface area contributed by atoms with Gasteiger partial charge in [0.2, 0.25) is 5.82 Å². The van der Waals surface area contributed by atoms with Crippen LogP contribution in [-0.4, -0.2) is 52.7 Å². The minimum Gasteiger partial charge on any atom is -0.462 e. The lowest BCUT2D eigenvalue weighted by Gasteiger charge is -2.06. The largest absolute Gasteiger partial charge is 0.462 e. The van der Waals surface area contributed by atoms with Gasteiger partial charge in [0.15, 0.2) is 5.69 Å². The summed E-state index contributed by atoms with van der Waals surface area (Å²) in [6, 6.07) is 10.8. The Hall–Kier alpha value is -3.18. The summed E-state index contributed by atoms with van der Waals surface area (Å²) in [5.41, 5.74) is 3.62. The summed E-state index contributed by atoms with van der Waals surface area (Å²) < 4.78 is 21.6. The van der Waals surface area contributed by atoms with Gasteiger partial charge in [0, 0.05) is 25.9 Å². The first-order valence-electron chi connectivity index (χ1n) is 13.3. The zero-order valence-corrected chi connectivity index (χ0v) is 23.3. The van der Waals surface area contributed by atoms with Crippen molar-refractivity contribution in [3.63, 3.8) is 0 Å². The standard InChI is InChI=1S/C24H30N4O6.2C2H6/c1-18-15-20(27-30)16-25-22(18)23-26-21(34-28-23)17-32-13-8-12-31-11-6-3-7-14-33-24(29)19-9-4-2-5-10-19;2*1-2/h2,4-5,9-10,15-16,27,30H,3,6-8,11-14,17H2,1H3;2*1-2H3/p+1. The van der Waals surface area contributed by atoms with E-state index in [2.05, 4.69) is 15.1 Å². The third kappa shape index (κ3) is 12.4. The predicted molar refractivity (Wildman–Crippen MR) is 144 cm³/mol. The second-order valence-electron chi connectivity index (χ2n) is 7.66. The molecule has 0 amide bonds. The molecule has 0 aliphatic rings. The van der Waals surface area contributed by atoms with Gasteiger partial charge >= 0.3 is 5.97 Å². The number of unbranched alkanes of at least 4 members (excludes halogenated alkanes) is 2. The van der Waals surface area contributed by atoms with Crippen LogP contribution in [0.1, 0.15) is 75.2 Å². The van der Waals surface area contributed by atoms with Crippen LogP contribution < -0.4 is 5.48 Å². The van der Waals surface area contributed by atoms with Crippen LogP contribution >= 0.6 is 0 Å². The molecule has 0 bridgehead atoms. The topological polar surface area (TPSA) is 133 Å². The van der Waals surface area contributed by atoms with E-state index in [1.165, 1.54) is 6.20 Å².